The minimum atomic E-state index is -0.682. The minimum Gasteiger partial charge on any atom is -0.464 e. The fourth-order valence-corrected chi connectivity index (χ4v) is 2.02. The van der Waals surface area contributed by atoms with Crippen LogP contribution in [-0.4, -0.2) is 30.3 Å². The summed E-state index contributed by atoms with van der Waals surface area (Å²) >= 11 is 0. The van der Waals surface area contributed by atoms with Gasteiger partial charge in [0.15, 0.2) is 0 Å². The number of amides is 1. The van der Waals surface area contributed by atoms with E-state index in [-0.39, 0.29) is 12.5 Å². The molecule has 0 bridgehead atoms. The second-order valence-electron chi connectivity index (χ2n) is 6.43. The van der Waals surface area contributed by atoms with Crippen LogP contribution in [0.15, 0.2) is 12.7 Å². The second kappa shape index (κ2) is 10.2. The van der Waals surface area contributed by atoms with Gasteiger partial charge in [0.2, 0.25) is 0 Å². The van der Waals surface area contributed by atoms with Gasteiger partial charge in [-0.25, -0.2) is 9.59 Å². The molecule has 1 N–H and O–H groups in total. The van der Waals surface area contributed by atoms with E-state index >= 15 is 0 Å². The summed E-state index contributed by atoms with van der Waals surface area (Å²) in [5, 5.41) is 2.64. The molecule has 0 aromatic rings. The van der Waals surface area contributed by atoms with Gasteiger partial charge < -0.3 is 14.8 Å². The lowest BCUT2D eigenvalue weighted by atomic mass is 9.95. The average Bonchev–Trinajstić information content (AvgIpc) is 2.39. The van der Waals surface area contributed by atoms with Crippen molar-refractivity contribution < 1.29 is 19.1 Å². The third-order valence-corrected chi connectivity index (χ3v) is 3.10. The fraction of sp³-hybridized carbons (Fsp3) is 0.765. The van der Waals surface area contributed by atoms with Crippen molar-refractivity contribution in [2.45, 2.75) is 71.9 Å². The lowest BCUT2D eigenvalue weighted by molar-refractivity contribution is -0.147. The Kier molecular flexibility index (Phi) is 9.54. The molecular formula is C17H31NO4. The van der Waals surface area contributed by atoms with Gasteiger partial charge in [0.05, 0.1) is 6.61 Å². The Hall–Kier alpha value is -1.52. The van der Waals surface area contributed by atoms with Gasteiger partial charge in [-0.2, -0.15) is 0 Å². The van der Waals surface area contributed by atoms with Gasteiger partial charge in [0, 0.05) is 0 Å². The van der Waals surface area contributed by atoms with Crippen molar-refractivity contribution >= 4 is 12.1 Å². The normalized spacial score (nSPS) is 13.9. The SMILES string of the molecule is C=CCCCCC(C)C(NC(=O)OC(C)(C)C)C(=O)OCC. The summed E-state index contributed by atoms with van der Waals surface area (Å²) in [6, 6.07) is -0.682. The predicted octanol–water partition coefficient (Wildman–Crippen LogP) is 3.83. The molecule has 1 amide bonds. The van der Waals surface area contributed by atoms with Crippen LogP contribution in [0.4, 0.5) is 4.79 Å². The first-order chi connectivity index (χ1) is 10.2. The van der Waals surface area contributed by atoms with Crippen molar-refractivity contribution in [3.63, 3.8) is 0 Å². The quantitative estimate of drug-likeness (QED) is 0.399. The van der Waals surface area contributed by atoms with Crippen molar-refractivity contribution in [2.75, 3.05) is 6.61 Å². The lowest BCUT2D eigenvalue weighted by Gasteiger charge is -2.26. The zero-order valence-electron chi connectivity index (χ0n) is 14.6. The molecule has 0 saturated heterocycles. The number of rotatable bonds is 9. The molecule has 5 nitrogen and oxygen atoms in total. The molecule has 0 aromatic carbocycles. The molecule has 0 fully saturated rings. The van der Waals surface area contributed by atoms with Crippen LogP contribution in [0, 0.1) is 5.92 Å². The Balaban J connectivity index is 4.64. The highest BCUT2D eigenvalue weighted by Gasteiger charge is 2.29. The maximum atomic E-state index is 12.1. The number of carbonyl (C=O) groups excluding carboxylic acids is 2. The van der Waals surface area contributed by atoms with Gasteiger partial charge in [-0.15, -0.1) is 6.58 Å². The van der Waals surface area contributed by atoms with E-state index in [2.05, 4.69) is 11.9 Å². The summed E-state index contributed by atoms with van der Waals surface area (Å²) in [6.45, 7) is 13.0. The standard InChI is InChI=1S/C17H31NO4/c1-7-9-10-11-12-13(3)14(15(19)21-8-2)18-16(20)22-17(4,5)6/h7,13-14H,1,8-12H2,2-6H3,(H,18,20). The van der Waals surface area contributed by atoms with Crippen LogP contribution in [-0.2, 0) is 14.3 Å². The number of nitrogens with one attached hydrogen (secondary N) is 1. The Labute approximate surface area is 134 Å². The van der Waals surface area contributed by atoms with Crippen LogP contribution in [0.25, 0.3) is 0 Å². The van der Waals surface area contributed by atoms with Gasteiger partial charge in [-0.05, 0) is 52.9 Å². The molecule has 5 heteroatoms. The van der Waals surface area contributed by atoms with E-state index in [0.717, 1.165) is 25.7 Å². The Morgan fingerprint density at radius 2 is 1.91 bits per heavy atom. The third kappa shape index (κ3) is 9.42. The molecule has 0 heterocycles. The van der Waals surface area contributed by atoms with E-state index in [9.17, 15) is 9.59 Å². The number of hydrogen-bond donors (Lipinski definition) is 1. The van der Waals surface area contributed by atoms with E-state index in [1.807, 2.05) is 13.0 Å². The topological polar surface area (TPSA) is 64.6 Å². The molecule has 2 atom stereocenters. The summed E-state index contributed by atoms with van der Waals surface area (Å²) in [5.74, 6) is -0.430. The molecule has 128 valence electrons. The number of carbonyl (C=O) groups is 2. The first-order valence-corrected chi connectivity index (χ1v) is 7.98. The van der Waals surface area contributed by atoms with Crippen LogP contribution in [0.3, 0.4) is 0 Å². The van der Waals surface area contributed by atoms with E-state index in [4.69, 9.17) is 9.47 Å². The molecule has 22 heavy (non-hydrogen) atoms. The minimum absolute atomic E-state index is 0.0172. The number of esters is 1. The molecular weight excluding hydrogens is 282 g/mol. The summed E-state index contributed by atoms with van der Waals surface area (Å²) in [5.41, 5.74) is -0.601. The van der Waals surface area contributed by atoms with Crippen LogP contribution >= 0.6 is 0 Å². The Bertz CT molecular complexity index is 360. The monoisotopic (exact) mass is 313 g/mol. The van der Waals surface area contributed by atoms with Gasteiger partial charge in [-0.1, -0.05) is 19.4 Å². The molecule has 0 aromatic heterocycles. The van der Waals surface area contributed by atoms with Crippen molar-refractivity contribution in [1.29, 1.82) is 0 Å². The molecule has 0 aliphatic carbocycles. The second-order valence-corrected chi connectivity index (χ2v) is 6.43. The Morgan fingerprint density at radius 1 is 1.27 bits per heavy atom. The van der Waals surface area contributed by atoms with Crippen LogP contribution < -0.4 is 5.32 Å². The fourth-order valence-electron chi connectivity index (χ4n) is 2.02. The van der Waals surface area contributed by atoms with E-state index in [1.165, 1.54) is 0 Å². The molecule has 0 radical (unpaired) electrons. The number of alkyl carbamates (subject to hydrolysis) is 1. The van der Waals surface area contributed by atoms with Gasteiger partial charge >= 0.3 is 12.1 Å². The maximum Gasteiger partial charge on any atom is 0.408 e. The average molecular weight is 313 g/mol. The van der Waals surface area contributed by atoms with Crippen LogP contribution in [0.2, 0.25) is 0 Å². The summed E-state index contributed by atoms with van der Waals surface area (Å²) in [4.78, 5) is 24.0. The highest BCUT2D eigenvalue weighted by atomic mass is 16.6. The summed E-state index contributed by atoms with van der Waals surface area (Å²) < 4.78 is 10.3. The number of allylic oxidation sites excluding steroid dienone is 1. The first-order valence-electron chi connectivity index (χ1n) is 7.98. The first kappa shape index (κ1) is 20.5. The highest BCUT2D eigenvalue weighted by Crippen LogP contribution is 2.16. The van der Waals surface area contributed by atoms with Crippen molar-refractivity contribution in [2.24, 2.45) is 5.92 Å². The zero-order chi connectivity index (χ0) is 17.2. The predicted molar refractivity (Wildman–Crippen MR) is 87.6 cm³/mol. The lowest BCUT2D eigenvalue weighted by Crippen LogP contribution is -2.47. The van der Waals surface area contributed by atoms with E-state index < -0.39 is 23.7 Å². The molecule has 0 aliphatic heterocycles. The zero-order valence-corrected chi connectivity index (χ0v) is 14.6. The Morgan fingerprint density at radius 3 is 2.41 bits per heavy atom. The van der Waals surface area contributed by atoms with Gasteiger partial charge in [-0.3, -0.25) is 0 Å². The molecule has 0 aliphatic rings. The van der Waals surface area contributed by atoms with Crippen molar-refractivity contribution in [3.05, 3.63) is 12.7 Å². The number of hydrogen-bond acceptors (Lipinski definition) is 4. The smallest absolute Gasteiger partial charge is 0.408 e. The van der Waals surface area contributed by atoms with Crippen LogP contribution in [0.5, 0.6) is 0 Å². The number of unbranched alkanes of at least 4 members (excludes halogenated alkanes) is 2. The van der Waals surface area contributed by atoms with Crippen molar-refractivity contribution in [1.82, 2.24) is 5.32 Å². The molecule has 0 saturated carbocycles. The van der Waals surface area contributed by atoms with E-state index in [0.29, 0.717) is 0 Å². The van der Waals surface area contributed by atoms with Gasteiger partial charge in [0.25, 0.3) is 0 Å². The van der Waals surface area contributed by atoms with Crippen LogP contribution in [0.1, 0.15) is 60.3 Å². The summed E-state index contributed by atoms with van der Waals surface area (Å²) in [7, 11) is 0. The van der Waals surface area contributed by atoms with E-state index in [1.54, 1.807) is 27.7 Å². The molecule has 0 rings (SSSR count). The maximum absolute atomic E-state index is 12.1. The van der Waals surface area contributed by atoms with Gasteiger partial charge in [0.1, 0.15) is 11.6 Å². The largest absolute Gasteiger partial charge is 0.464 e. The number of ether oxygens (including phenoxy) is 2. The van der Waals surface area contributed by atoms with Crippen molar-refractivity contribution in [3.8, 4) is 0 Å². The summed E-state index contributed by atoms with van der Waals surface area (Å²) in [6.07, 6.45) is 5.06. The highest BCUT2D eigenvalue weighted by molar-refractivity contribution is 5.81. The molecule has 0 spiro atoms. The molecule has 2 unspecified atom stereocenters. The third-order valence-electron chi connectivity index (χ3n) is 3.10.